The lowest BCUT2D eigenvalue weighted by molar-refractivity contribution is 0.144. The average molecular weight is 239 g/mol. The minimum atomic E-state index is -0.0224. The predicted octanol–water partition coefficient (Wildman–Crippen LogP) is 1.32. The van der Waals surface area contributed by atoms with E-state index in [-0.39, 0.29) is 12.6 Å². The van der Waals surface area contributed by atoms with Crippen molar-refractivity contribution in [2.24, 2.45) is 5.92 Å². The Morgan fingerprint density at radius 1 is 1.53 bits per heavy atom. The Hall–Kier alpha value is -0.940. The molecule has 1 aromatic heterocycles. The standard InChI is InChI=1S/C12H21N3O2/c1-3-10(8-17-2)15-12(6-9-4-5-9)11(7-16)13-14-15/h9-10,16H,3-8H2,1-2H3. The van der Waals surface area contributed by atoms with Gasteiger partial charge in [-0.1, -0.05) is 12.1 Å². The molecule has 96 valence electrons. The summed E-state index contributed by atoms with van der Waals surface area (Å²) in [5.74, 6) is 0.762. The van der Waals surface area contributed by atoms with Crippen molar-refractivity contribution < 1.29 is 9.84 Å². The van der Waals surface area contributed by atoms with Gasteiger partial charge in [0, 0.05) is 7.11 Å². The summed E-state index contributed by atoms with van der Waals surface area (Å²) in [6, 6.07) is 0.224. The van der Waals surface area contributed by atoms with E-state index < -0.39 is 0 Å². The molecule has 1 unspecified atom stereocenters. The number of rotatable bonds is 7. The van der Waals surface area contributed by atoms with E-state index in [4.69, 9.17) is 4.74 Å². The van der Waals surface area contributed by atoms with Gasteiger partial charge in [0.25, 0.3) is 0 Å². The van der Waals surface area contributed by atoms with Gasteiger partial charge >= 0.3 is 0 Å². The molecule has 1 saturated carbocycles. The third kappa shape index (κ3) is 2.84. The van der Waals surface area contributed by atoms with Crippen LogP contribution in [0.5, 0.6) is 0 Å². The monoisotopic (exact) mass is 239 g/mol. The van der Waals surface area contributed by atoms with E-state index in [1.165, 1.54) is 12.8 Å². The van der Waals surface area contributed by atoms with Crippen LogP contribution in [0.4, 0.5) is 0 Å². The molecule has 1 atom stereocenters. The van der Waals surface area contributed by atoms with Crippen molar-refractivity contribution in [3.63, 3.8) is 0 Å². The highest BCUT2D eigenvalue weighted by molar-refractivity contribution is 5.12. The largest absolute Gasteiger partial charge is 0.390 e. The van der Waals surface area contributed by atoms with Crippen LogP contribution >= 0.6 is 0 Å². The number of hydrogen-bond acceptors (Lipinski definition) is 4. The molecule has 0 aromatic carbocycles. The molecule has 5 nitrogen and oxygen atoms in total. The minimum absolute atomic E-state index is 0.0224. The molecular formula is C12H21N3O2. The molecule has 1 aliphatic carbocycles. The first-order valence-corrected chi connectivity index (χ1v) is 6.32. The molecule has 0 radical (unpaired) electrons. The Morgan fingerprint density at radius 3 is 2.82 bits per heavy atom. The van der Waals surface area contributed by atoms with Crippen LogP contribution in [0.15, 0.2) is 0 Å². The second kappa shape index (κ2) is 5.60. The summed E-state index contributed by atoms with van der Waals surface area (Å²) < 4.78 is 7.17. The highest BCUT2D eigenvalue weighted by Crippen LogP contribution is 2.34. The Balaban J connectivity index is 2.20. The van der Waals surface area contributed by atoms with Crippen LogP contribution in [-0.4, -0.2) is 33.8 Å². The molecule has 0 amide bonds. The van der Waals surface area contributed by atoms with E-state index >= 15 is 0 Å². The first-order valence-electron chi connectivity index (χ1n) is 6.32. The summed E-state index contributed by atoms with van der Waals surface area (Å²) in [5.41, 5.74) is 1.82. The zero-order valence-corrected chi connectivity index (χ0v) is 10.6. The summed E-state index contributed by atoms with van der Waals surface area (Å²) >= 11 is 0. The van der Waals surface area contributed by atoms with Crippen LogP contribution in [-0.2, 0) is 17.8 Å². The zero-order valence-electron chi connectivity index (χ0n) is 10.6. The van der Waals surface area contributed by atoms with Crippen LogP contribution < -0.4 is 0 Å². The average Bonchev–Trinajstić information content (AvgIpc) is 3.06. The van der Waals surface area contributed by atoms with Crippen LogP contribution in [0.2, 0.25) is 0 Å². The molecule has 1 aromatic rings. The maximum Gasteiger partial charge on any atom is 0.111 e. The molecule has 2 rings (SSSR count). The van der Waals surface area contributed by atoms with E-state index in [0.29, 0.717) is 6.61 Å². The summed E-state index contributed by atoms with van der Waals surface area (Å²) in [4.78, 5) is 0. The number of hydrogen-bond donors (Lipinski definition) is 1. The number of nitrogens with zero attached hydrogens (tertiary/aromatic N) is 3. The van der Waals surface area contributed by atoms with Crippen molar-refractivity contribution in [1.82, 2.24) is 15.0 Å². The number of aliphatic hydroxyl groups is 1. The fourth-order valence-electron chi connectivity index (χ4n) is 2.12. The molecule has 0 spiro atoms. The van der Waals surface area contributed by atoms with Crippen LogP contribution in [0.3, 0.4) is 0 Å². The molecule has 17 heavy (non-hydrogen) atoms. The lowest BCUT2D eigenvalue weighted by atomic mass is 10.1. The molecule has 1 N–H and O–H groups in total. The third-order valence-electron chi connectivity index (χ3n) is 3.38. The zero-order chi connectivity index (χ0) is 12.3. The number of methoxy groups -OCH3 is 1. The molecule has 0 aliphatic heterocycles. The number of aliphatic hydroxyl groups excluding tert-OH is 1. The van der Waals surface area contributed by atoms with Gasteiger partial charge < -0.3 is 9.84 Å². The Labute approximate surface area is 102 Å². The summed E-state index contributed by atoms with van der Waals surface area (Å²) in [7, 11) is 1.70. The van der Waals surface area contributed by atoms with Crippen LogP contribution in [0, 0.1) is 5.92 Å². The number of aromatic nitrogens is 3. The van der Waals surface area contributed by atoms with Gasteiger partial charge in [0.2, 0.25) is 0 Å². The fourth-order valence-corrected chi connectivity index (χ4v) is 2.12. The highest BCUT2D eigenvalue weighted by atomic mass is 16.5. The van der Waals surface area contributed by atoms with Gasteiger partial charge in [-0.15, -0.1) is 5.10 Å². The van der Waals surface area contributed by atoms with Crippen molar-refractivity contribution >= 4 is 0 Å². The fraction of sp³-hybridized carbons (Fsp3) is 0.833. The molecule has 0 bridgehead atoms. The Morgan fingerprint density at radius 2 is 2.29 bits per heavy atom. The first kappa shape index (κ1) is 12.5. The molecule has 0 saturated heterocycles. The maximum atomic E-state index is 9.30. The van der Waals surface area contributed by atoms with Crippen molar-refractivity contribution in [2.45, 2.75) is 45.3 Å². The van der Waals surface area contributed by atoms with Gasteiger partial charge in [-0.2, -0.15) is 0 Å². The summed E-state index contributed by atoms with van der Waals surface area (Å²) in [5, 5.41) is 17.6. The minimum Gasteiger partial charge on any atom is -0.390 e. The smallest absolute Gasteiger partial charge is 0.111 e. The van der Waals surface area contributed by atoms with Crippen molar-refractivity contribution in [3.8, 4) is 0 Å². The second-order valence-electron chi connectivity index (χ2n) is 4.75. The van der Waals surface area contributed by atoms with Gasteiger partial charge in [0.1, 0.15) is 5.69 Å². The van der Waals surface area contributed by atoms with Gasteiger partial charge in [-0.3, -0.25) is 0 Å². The SMILES string of the molecule is CCC(COC)n1nnc(CO)c1CC1CC1. The predicted molar refractivity (Wildman–Crippen MR) is 63.6 cm³/mol. The maximum absolute atomic E-state index is 9.30. The molecular weight excluding hydrogens is 218 g/mol. The quantitative estimate of drug-likeness (QED) is 0.779. The second-order valence-corrected chi connectivity index (χ2v) is 4.75. The molecule has 1 fully saturated rings. The van der Waals surface area contributed by atoms with E-state index in [1.807, 2.05) is 4.68 Å². The Bertz CT molecular complexity index is 361. The normalized spacial score (nSPS) is 17.4. The van der Waals surface area contributed by atoms with Crippen LogP contribution in [0.1, 0.15) is 43.6 Å². The summed E-state index contributed by atoms with van der Waals surface area (Å²) in [6.45, 7) is 2.73. The van der Waals surface area contributed by atoms with E-state index in [1.54, 1.807) is 7.11 Å². The lowest BCUT2D eigenvalue weighted by Crippen LogP contribution is -2.18. The Kier molecular flexibility index (Phi) is 4.12. The lowest BCUT2D eigenvalue weighted by Gasteiger charge is -2.17. The highest BCUT2D eigenvalue weighted by Gasteiger charge is 2.27. The topological polar surface area (TPSA) is 60.2 Å². The molecule has 1 aliphatic rings. The molecule has 1 heterocycles. The first-order chi connectivity index (χ1) is 8.30. The van der Waals surface area contributed by atoms with Gasteiger partial charge in [-0.25, -0.2) is 4.68 Å². The van der Waals surface area contributed by atoms with Gasteiger partial charge in [-0.05, 0) is 31.6 Å². The van der Waals surface area contributed by atoms with Gasteiger partial charge in [0.15, 0.2) is 0 Å². The van der Waals surface area contributed by atoms with Crippen molar-refractivity contribution in [1.29, 1.82) is 0 Å². The number of ether oxygens (including phenoxy) is 1. The van der Waals surface area contributed by atoms with Crippen molar-refractivity contribution in [2.75, 3.05) is 13.7 Å². The van der Waals surface area contributed by atoms with E-state index in [0.717, 1.165) is 30.1 Å². The van der Waals surface area contributed by atoms with Crippen molar-refractivity contribution in [3.05, 3.63) is 11.4 Å². The van der Waals surface area contributed by atoms with E-state index in [2.05, 4.69) is 17.2 Å². The van der Waals surface area contributed by atoms with Crippen LogP contribution in [0.25, 0.3) is 0 Å². The van der Waals surface area contributed by atoms with Gasteiger partial charge in [0.05, 0.1) is 24.9 Å². The molecule has 5 heteroatoms. The third-order valence-corrected chi connectivity index (χ3v) is 3.38. The summed E-state index contributed by atoms with van der Waals surface area (Å²) in [6.07, 6.45) is 4.52. The van der Waals surface area contributed by atoms with E-state index in [9.17, 15) is 5.11 Å².